The maximum Gasteiger partial charge on any atom is 0.472 e. The molecule has 0 spiro atoms. The summed E-state index contributed by atoms with van der Waals surface area (Å²) in [6.45, 7) is 2.84. The predicted octanol–water partition coefficient (Wildman–Crippen LogP) is 6.10. The largest absolute Gasteiger partial charge is 0.481 e. The van der Waals surface area contributed by atoms with E-state index in [1.165, 1.54) is 70.6 Å². The van der Waals surface area contributed by atoms with E-state index in [4.69, 9.17) is 23.6 Å². The van der Waals surface area contributed by atoms with Gasteiger partial charge in [0, 0.05) is 6.61 Å². The minimum absolute atomic E-state index is 0.0177. The molecule has 2 N–H and O–H groups in total. The number of esters is 1. The Labute approximate surface area is 236 Å². The van der Waals surface area contributed by atoms with Crippen molar-refractivity contribution in [3.05, 3.63) is 0 Å². The van der Waals surface area contributed by atoms with Crippen molar-refractivity contribution in [3.8, 4) is 0 Å². The Morgan fingerprint density at radius 1 is 0.744 bits per heavy atom. The molecule has 0 saturated carbocycles. The fourth-order valence-electron chi connectivity index (χ4n) is 3.83. The van der Waals surface area contributed by atoms with Crippen LogP contribution in [0.5, 0.6) is 0 Å². The minimum Gasteiger partial charge on any atom is -0.481 e. The number of carbonyl (C=O) groups excluding carboxylic acids is 1. The molecule has 0 aliphatic carbocycles. The zero-order valence-electron chi connectivity index (χ0n) is 25.1. The fraction of sp³-hybridized carbons (Fsp3) is 0.929. The number of phosphoric acid groups is 1. The van der Waals surface area contributed by atoms with E-state index in [2.05, 4.69) is 6.92 Å². The summed E-state index contributed by atoms with van der Waals surface area (Å²) in [5.41, 5.74) is 0. The first-order valence-corrected chi connectivity index (χ1v) is 16.4. The van der Waals surface area contributed by atoms with Crippen LogP contribution in [0.3, 0.4) is 0 Å². The second-order valence-corrected chi connectivity index (χ2v) is 12.7. The van der Waals surface area contributed by atoms with E-state index in [9.17, 15) is 19.0 Å². The second-order valence-electron chi connectivity index (χ2n) is 11.3. The molecule has 11 heteroatoms. The van der Waals surface area contributed by atoms with E-state index in [1.54, 1.807) is 0 Å². The van der Waals surface area contributed by atoms with Gasteiger partial charge < -0.3 is 24.0 Å². The molecule has 0 radical (unpaired) electrons. The lowest BCUT2D eigenvalue weighted by atomic mass is 10.0. The Balaban J connectivity index is 4.12. The van der Waals surface area contributed by atoms with Gasteiger partial charge in [-0.2, -0.15) is 0 Å². The molecular weight excluding hydrogens is 525 g/mol. The summed E-state index contributed by atoms with van der Waals surface area (Å²) in [5.74, 6) is -1.84. The Morgan fingerprint density at radius 3 is 1.74 bits per heavy atom. The molecular formula is C28H57NO9P+. The van der Waals surface area contributed by atoms with E-state index in [1.807, 2.05) is 21.1 Å². The zero-order chi connectivity index (χ0) is 29.4. The molecule has 0 aliphatic heterocycles. The van der Waals surface area contributed by atoms with E-state index in [0.29, 0.717) is 17.6 Å². The highest BCUT2D eigenvalue weighted by Crippen LogP contribution is 2.43. The van der Waals surface area contributed by atoms with Crippen LogP contribution in [0.2, 0.25) is 0 Å². The van der Waals surface area contributed by atoms with E-state index in [0.717, 1.165) is 19.3 Å². The number of carboxylic acids is 1. The number of quaternary nitrogens is 1. The Hall–Kier alpha value is -1.03. The van der Waals surface area contributed by atoms with Crippen molar-refractivity contribution in [2.45, 2.75) is 116 Å². The molecule has 10 nitrogen and oxygen atoms in total. The zero-order valence-corrected chi connectivity index (χ0v) is 26.0. The van der Waals surface area contributed by atoms with Gasteiger partial charge in [-0.1, -0.05) is 90.4 Å². The number of carboxylic acid groups (broad SMARTS) is 1. The molecule has 0 aromatic carbocycles. The summed E-state index contributed by atoms with van der Waals surface area (Å²) in [6, 6.07) is 0. The lowest BCUT2D eigenvalue weighted by molar-refractivity contribution is -0.870. The Bertz CT molecular complexity index is 670. The predicted molar refractivity (Wildman–Crippen MR) is 153 cm³/mol. The van der Waals surface area contributed by atoms with Crippen molar-refractivity contribution in [2.75, 3.05) is 54.1 Å². The molecule has 2 unspecified atom stereocenters. The van der Waals surface area contributed by atoms with Gasteiger partial charge in [-0.05, 0) is 6.42 Å². The average Bonchev–Trinajstić information content (AvgIpc) is 2.84. The molecule has 0 aromatic rings. The molecule has 0 amide bonds. The maximum atomic E-state index is 12.2. The molecule has 0 bridgehead atoms. The summed E-state index contributed by atoms with van der Waals surface area (Å²) in [6.07, 6.45) is 16.1. The number of carbonyl (C=O) groups is 2. The number of aliphatic carboxylic acids is 1. The molecule has 39 heavy (non-hydrogen) atoms. The molecule has 0 aliphatic rings. The molecule has 2 atom stereocenters. The third-order valence-corrected chi connectivity index (χ3v) is 7.21. The van der Waals surface area contributed by atoms with Crippen molar-refractivity contribution in [2.24, 2.45) is 0 Å². The van der Waals surface area contributed by atoms with Gasteiger partial charge in [0.2, 0.25) is 0 Å². The summed E-state index contributed by atoms with van der Waals surface area (Å²) in [5, 5.41) is 8.76. The van der Waals surface area contributed by atoms with Gasteiger partial charge in [0.05, 0.1) is 47.2 Å². The van der Waals surface area contributed by atoms with Gasteiger partial charge in [-0.15, -0.1) is 0 Å². The van der Waals surface area contributed by atoms with Gasteiger partial charge in [-0.25, -0.2) is 4.57 Å². The number of hydrogen-bond acceptors (Lipinski definition) is 7. The molecule has 0 heterocycles. The van der Waals surface area contributed by atoms with Gasteiger partial charge >= 0.3 is 19.8 Å². The molecule has 0 saturated heterocycles. The maximum absolute atomic E-state index is 12.2. The van der Waals surface area contributed by atoms with Crippen molar-refractivity contribution in [3.63, 3.8) is 0 Å². The number of nitrogens with zero attached hydrogens (tertiary/aromatic N) is 1. The number of rotatable bonds is 28. The quantitative estimate of drug-likeness (QED) is 0.0486. The Morgan fingerprint density at radius 2 is 1.26 bits per heavy atom. The number of ether oxygens (including phenoxy) is 2. The van der Waals surface area contributed by atoms with Crippen LogP contribution in [0.15, 0.2) is 0 Å². The van der Waals surface area contributed by atoms with Crippen molar-refractivity contribution in [1.29, 1.82) is 0 Å². The lowest BCUT2D eigenvalue weighted by Crippen LogP contribution is -2.37. The first kappa shape index (κ1) is 38.0. The molecule has 0 aromatic heterocycles. The molecule has 232 valence electrons. The van der Waals surface area contributed by atoms with E-state index < -0.39 is 32.5 Å². The van der Waals surface area contributed by atoms with Crippen molar-refractivity contribution in [1.82, 2.24) is 0 Å². The Kier molecular flexibility index (Phi) is 23.0. The highest BCUT2D eigenvalue weighted by molar-refractivity contribution is 7.47. The average molecular weight is 583 g/mol. The van der Waals surface area contributed by atoms with E-state index in [-0.39, 0.29) is 26.1 Å². The second kappa shape index (κ2) is 23.7. The monoisotopic (exact) mass is 582 g/mol. The smallest absolute Gasteiger partial charge is 0.472 e. The van der Waals surface area contributed by atoms with E-state index >= 15 is 0 Å². The molecule has 0 rings (SSSR count). The minimum atomic E-state index is -4.33. The first-order valence-electron chi connectivity index (χ1n) is 14.9. The summed E-state index contributed by atoms with van der Waals surface area (Å²) >= 11 is 0. The van der Waals surface area contributed by atoms with Crippen molar-refractivity contribution >= 4 is 19.8 Å². The van der Waals surface area contributed by atoms with Gasteiger partial charge in [0.1, 0.15) is 19.3 Å². The van der Waals surface area contributed by atoms with Crippen LogP contribution < -0.4 is 0 Å². The lowest BCUT2D eigenvalue weighted by Gasteiger charge is -2.24. The SMILES string of the molecule is CCCCCCCCCCCCCCCCOCC(COP(=O)(O)OCC[N+](C)(C)C)OC(=O)CCC(=O)O. The van der Waals surface area contributed by atoms with Gasteiger partial charge in [0.15, 0.2) is 0 Å². The first-order chi connectivity index (χ1) is 18.4. The van der Waals surface area contributed by atoms with Crippen LogP contribution in [0.25, 0.3) is 0 Å². The highest BCUT2D eigenvalue weighted by atomic mass is 31.2. The van der Waals surface area contributed by atoms with Crippen LogP contribution in [0.1, 0.15) is 110 Å². The van der Waals surface area contributed by atoms with Crippen LogP contribution in [0, 0.1) is 0 Å². The standard InChI is InChI=1S/C28H56NO9P/c1-5-6-7-8-9-10-11-12-13-14-15-16-17-18-22-35-24-26(38-28(32)20-19-27(30)31)25-37-39(33,34)36-23-21-29(2,3)4/h26H,5-25H2,1-4H3,(H-,30,31,33,34)/p+1. The third-order valence-electron chi connectivity index (χ3n) is 6.23. The number of phosphoric ester groups is 1. The topological polar surface area (TPSA) is 129 Å². The molecule has 0 fully saturated rings. The number of likely N-dealkylation sites (N-methyl/N-ethyl adjacent to an activating group) is 1. The van der Waals surface area contributed by atoms with Crippen LogP contribution in [-0.4, -0.2) is 86.6 Å². The fourth-order valence-corrected chi connectivity index (χ4v) is 4.57. The summed E-state index contributed by atoms with van der Waals surface area (Å²) in [4.78, 5) is 32.6. The normalized spacial score (nSPS) is 14.2. The van der Waals surface area contributed by atoms with Gasteiger partial charge in [0.25, 0.3) is 0 Å². The number of unbranched alkanes of at least 4 members (excludes halogenated alkanes) is 13. The van der Waals surface area contributed by atoms with Crippen LogP contribution in [-0.2, 0) is 32.7 Å². The van der Waals surface area contributed by atoms with Crippen LogP contribution in [0.4, 0.5) is 0 Å². The highest BCUT2D eigenvalue weighted by Gasteiger charge is 2.26. The third kappa shape index (κ3) is 28.3. The summed E-state index contributed by atoms with van der Waals surface area (Å²) in [7, 11) is 1.44. The van der Waals surface area contributed by atoms with Gasteiger partial charge in [-0.3, -0.25) is 18.6 Å². The summed E-state index contributed by atoms with van der Waals surface area (Å²) < 4.78 is 33.6. The number of hydrogen-bond donors (Lipinski definition) is 2. The van der Waals surface area contributed by atoms with Crippen molar-refractivity contribution < 1.29 is 47.2 Å². The van der Waals surface area contributed by atoms with Crippen LogP contribution >= 0.6 is 7.82 Å².